The molecule has 7 heteroatoms. The van der Waals surface area contributed by atoms with Crippen LogP contribution >= 0.6 is 11.6 Å². The quantitative estimate of drug-likeness (QED) is 0.619. The number of aromatic carboxylic acids is 1. The number of aryl methyl sites for hydroxylation is 1. The van der Waals surface area contributed by atoms with E-state index in [9.17, 15) is 9.90 Å². The van der Waals surface area contributed by atoms with Gasteiger partial charge in [-0.15, -0.1) is 0 Å². The van der Waals surface area contributed by atoms with Gasteiger partial charge in [0.2, 0.25) is 5.95 Å². The fraction of sp³-hybridized carbons (Fsp3) is 0.0556. The highest BCUT2D eigenvalue weighted by molar-refractivity contribution is 6.30. The Kier molecular flexibility index (Phi) is 4.81. The molecular weight excluding hydrogens is 340 g/mol. The maximum absolute atomic E-state index is 11.3. The summed E-state index contributed by atoms with van der Waals surface area (Å²) in [5, 5.41) is 16.0. The Morgan fingerprint density at radius 2 is 1.88 bits per heavy atom. The molecule has 2 aromatic carbocycles. The van der Waals surface area contributed by atoms with Gasteiger partial charge in [0.25, 0.3) is 0 Å². The molecule has 1 aromatic heterocycles. The molecule has 126 valence electrons. The summed E-state index contributed by atoms with van der Waals surface area (Å²) in [5.41, 5.74) is 2.43. The van der Waals surface area contributed by atoms with E-state index in [1.54, 1.807) is 36.5 Å². The van der Waals surface area contributed by atoms with Crippen LogP contribution in [0.1, 0.15) is 15.9 Å². The predicted molar refractivity (Wildman–Crippen MR) is 98.2 cm³/mol. The Balaban J connectivity index is 1.84. The van der Waals surface area contributed by atoms with Crippen LogP contribution < -0.4 is 10.6 Å². The average Bonchev–Trinajstić information content (AvgIpc) is 2.58. The van der Waals surface area contributed by atoms with Crippen LogP contribution in [0, 0.1) is 6.92 Å². The third kappa shape index (κ3) is 4.05. The van der Waals surface area contributed by atoms with E-state index < -0.39 is 5.97 Å². The number of halogens is 1. The molecule has 0 saturated heterocycles. The van der Waals surface area contributed by atoms with E-state index in [4.69, 9.17) is 11.6 Å². The van der Waals surface area contributed by atoms with Crippen molar-refractivity contribution in [2.75, 3.05) is 10.6 Å². The second kappa shape index (κ2) is 7.19. The van der Waals surface area contributed by atoms with E-state index in [1.165, 1.54) is 6.07 Å². The van der Waals surface area contributed by atoms with Gasteiger partial charge in [-0.25, -0.2) is 9.78 Å². The lowest BCUT2D eigenvalue weighted by Crippen LogP contribution is -2.05. The highest BCUT2D eigenvalue weighted by Crippen LogP contribution is 2.24. The van der Waals surface area contributed by atoms with Crippen molar-refractivity contribution >= 4 is 40.7 Å². The first-order chi connectivity index (χ1) is 12.0. The number of nitrogens with zero attached hydrogens (tertiary/aromatic N) is 2. The van der Waals surface area contributed by atoms with Crippen LogP contribution in [0.4, 0.5) is 23.1 Å². The average molecular weight is 355 g/mol. The van der Waals surface area contributed by atoms with Crippen molar-refractivity contribution in [3.05, 3.63) is 70.9 Å². The Bertz CT molecular complexity index is 930. The molecule has 0 radical (unpaired) electrons. The van der Waals surface area contributed by atoms with Crippen molar-refractivity contribution in [2.24, 2.45) is 0 Å². The van der Waals surface area contributed by atoms with Crippen molar-refractivity contribution in [3.63, 3.8) is 0 Å². The van der Waals surface area contributed by atoms with Crippen LogP contribution in [-0.4, -0.2) is 21.0 Å². The molecule has 0 fully saturated rings. The van der Waals surface area contributed by atoms with E-state index in [-0.39, 0.29) is 5.56 Å². The summed E-state index contributed by atoms with van der Waals surface area (Å²) in [4.78, 5) is 19.8. The molecular formula is C18H15ClN4O2. The molecule has 0 aliphatic heterocycles. The second-order valence-electron chi connectivity index (χ2n) is 5.33. The molecule has 0 bridgehead atoms. The first-order valence-corrected chi connectivity index (χ1v) is 7.86. The minimum absolute atomic E-state index is 0.171. The standard InChI is InChI=1S/C18H15ClN4O2/c1-11-10-12(19)6-7-14(11)22-18-20-9-8-16(23-18)21-15-5-3-2-4-13(15)17(24)25/h2-10H,1H3,(H,24,25)(H2,20,21,22,23). The molecule has 6 nitrogen and oxygen atoms in total. The van der Waals surface area contributed by atoms with Crippen molar-refractivity contribution in [3.8, 4) is 0 Å². The molecule has 3 N–H and O–H groups in total. The van der Waals surface area contributed by atoms with Gasteiger partial charge in [0.15, 0.2) is 0 Å². The molecule has 0 saturated carbocycles. The predicted octanol–water partition coefficient (Wildman–Crippen LogP) is 4.62. The Hall–Kier alpha value is -3.12. The summed E-state index contributed by atoms with van der Waals surface area (Å²) in [6.07, 6.45) is 1.59. The van der Waals surface area contributed by atoms with Crippen molar-refractivity contribution in [1.29, 1.82) is 0 Å². The first-order valence-electron chi connectivity index (χ1n) is 7.48. The molecule has 3 aromatic rings. The van der Waals surface area contributed by atoms with Crippen LogP contribution in [0.25, 0.3) is 0 Å². The fourth-order valence-corrected chi connectivity index (χ4v) is 2.52. The Morgan fingerprint density at radius 1 is 1.08 bits per heavy atom. The number of anilines is 4. The number of nitrogens with one attached hydrogen (secondary N) is 2. The van der Waals surface area contributed by atoms with Crippen molar-refractivity contribution in [2.45, 2.75) is 6.92 Å². The number of carboxylic acid groups (broad SMARTS) is 1. The van der Waals surface area contributed by atoms with Gasteiger partial charge in [0.05, 0.1) is 11.3 Å². The van der Waals surface area contributed by atoms with Gasteiger partial charge in [-0.1, -0.05) is 23.7 Å². The van der Waals surface area contributed by atoms with Gasteiger partial charge in [0.1, 0.15) is 5.82 Å². The largest absolute Gasteiger partial charge is 0.478 e. The molecule has 0 aliphatic carbocycles. The van der Waals surface area contributed by atoms with Crippen molar-refractivity contribution < 1.29 is 9.90 Å². The zero-order valence-electron chi connectivity index (χ0n) is 13.3. The van der Waals surface area contributed by atoms with Crippen LogP contribution in [-0.2, 0) is 0 Å². The highest BCUT2D eigenvalue weighted by Gasteiger charge is 2.10. The van der Waals surface area contributed by atoms with Gasteiger partial charge in [0, 0.05) is 16.9 Å². The minimum Gasteiger partial charge on any atom is -0.478 e. The fourth-order valence-electron chi connectivity index (χ4n) is 2.29. The van der Waals surface area contributed by atoms with E-state index >= 15 is 0 Å². The number of carbonyl (C=O) groups is 1. The van der Waals surface area contributed by atoms with E-state index in [2.05, 4.69) is 20.6 Å². The van der Waals surface area contributed by atoms with Crippen molar-refractivity contribution in [1.82, 2.24) is 9.97 Å². The van der Waals surface area contributed by atoms with E-state index in [1.807, 2.05) is 19.1 Å². The molecule has 0 amide bonds. The van der Waals surface area contributed by atoms with E-state index in [0.29, 0.717) is 22.5 Å². The number of hydrogen-bond acceptors (Lipinski definition) is 5. The number of hydrogen-bond donors (Lipinski definition) is 3. The molecule has 0 aliphatic rings. The lowest BCUT2D eigenvalue weighted by molar-refractivity contribution is 0.0698. The first kappa shape index (κ1) is 16.7. The zero-order valence-corrected chi connectivity index (χ0v) is 14.1. The van der Waals surface area contributed by atoms with Crippen LogP contribution in [0.3, 0.4) is 0 Å². The van der Waals surface area contributed by atoms with Gasteiger partial charge >= 0.3 is 5.97 Å². The van der Waals surface area contributed by atoms with Gasteiger partial charge in [-0.3, -0.25) is 0 Å². The third-order valence-corrected chi connectivity index (χ3v) is 3.75. The maximum Gasteiger partial charge on any atom is 0.337 e. The normalized spacial score (nSPS) is 10.3. The lowest BCUT2D eigenvalue weighted by atomic mass is 10.2. The summed E-state index contributed by atoms with van der Waals surface area (Å²) in [5.74, 6) is -0.131. The Labute approximate surface area is 149 Å². The van der Waals surface area contributed by atoms with Crippen LogP contribution in [0.5, 0.6) is 0 Å². The monoisotopic (exact) mass is 354 g/mol. The second-order valence-corrected chi connectivity index (χ2v) is 5.76. The maximum atomic E-state index is 11.3. The number of carboxylic acids is 1. The summed E-state index contributed by atoms with van der Waals surface area (Å²) >= 11 is 5.96. The summed E-state index contributed by atoms with van der Waals surface area (Å²) in [6, 6.07) is 13.8. The smallest absolute Gasteiger partial charge is 0.337 e. The van der Waals surface area contributed by atoms with Gasteiger partial charge < -0.3 is 15.7 Å². The molecule has 0 atom stereocenters. The van der Waals surface area contributed by atoms with Crippen LogP contribution in [0.2, 0.25) is 5.02 Å². The topological polar surface area (TPSA) is 87.1 Å². The lowest BCUT2D eigenvalue weighted by Gasteiger charge is -2.11. The number of aromatic nitrogens is 2. The molecule has 0 spiro atoms. The molecule has 25 heavy (non-hydrogen) atoms. The number of rotatable bonds is 5. The summed E-state index contributed by atoms with van der Waals surface area (Å²) in [6.45, 7) is 1.93. The summed E-state index contributed by atoms with van der Waals surface area (Å²) in [7, 11) is 0. The highest BCUT2D eigenvalue weighted by atomic mass is 35.5. The molecule has 3 rings (SSSR count). The zero-order chi connectivity index (χ0) is 17.8. The van der Waals surface area contributed by atoms with E-state index in [0.717, 1.165) is 11.3 Å². The molecule has 1 heterocycles. The molecule has 0 unspecified atom stereocenters. The third-order valence-electron chi connectivity index (χ3n) is 3.51. The Morgan fingerprint density at radius 3 is 2.64 bits per heavy atom. The van der Waals surface area contributed by atoms with Gasteiger partial charge in [-0.2, -0.15) is 4.98 Å². The SMILES string of the molecule is Cc1cc(Cl)ccc1Nc1nccc(Nc2ccccc2C(=O)O)n1. The number of benzene rings is 2. The number of para-hydroxylation sites is 1. The van der Waals surface area contributed by atoms with Crippen LogP contribution in [0.15, 0.2) is 54.7 Å². The van der Waals surface area contributed by atoms with Gasteiger partial charge in [-0.05, 0) is 48.9 Å². The minimum atomic E-state index is -1.01. The summed E-state index contributed by atoms with van der Waals surface area (Å²) < 4.78 is 0.